The van der Waals surface area contributed by atoms with Crippen molar-refractivity contribution in [3.05, 3.63) is 100 Å². The van der Waals surface area contributed by atoms with Gasteiger partial charge in [0.05, 0.1) is 5.71 Å². The van der Waals surface area contributed by atoms with Crippen molar-refractivity contribution < 1.29 is 4.84 Å². The Morgan fingerprint density at radius 1 is 0.808 bits per heavy atom. The smallest absolute Gasteiger partial charge is 0.142 e. The molecule has 0 bridgehead atoms. The Balaban J connectivity index is 1.68. The lowest BCUT2D eigenvalue weighted by molar-refractivity contribution is 0.130. The van der Waals surface area contributed by atoms with Crippen LogP contribution in [0.1, 0.15) is 11.1 Å². The molecular formula is C21H17Cl2NOS. The molecule has 0 saturated heterocycles. The highest BCUT2D eigenvalue weighted by Gasteiger charge is 2.06. The molecule has 0 N–H and O–H groups in total. The van der Waals surface area contributed by atoms with Crippen molar-refractivity contribution in [3.63, 3.8) is 0 Å². The second-order valence-electron chi connectivity index (χ2n) is 5.55. The Hall–Kier alpha value is -1.94. The minimum absolute atomic E-state index is 0.402. The van der Waals surface area contributed by atoms with Crippen LogP contribution in [0, 0.1) is 0 Å². The molecule has 3 aromatic carbocycles. The van der Waals surface area contributed by atoms with E-state index in [0.717, 1.165) is 26.8 Å². The third kappa shape index (κ3) is 5.80. The van der Waals surface area contributed by atoms with Gasteiger partial charge in [-0.3, -0.25) is 0 Å². The van der Waals surface area contributed by atoms with Crippen LogP contribution in [0.15, 0.2) is 88.9 Å². The molecular weight excluding hydrogens is 385 g/mol. The fraction of sp³-hybridized carbons (Fsp3) is 0.0952. The van der Waals surface area contributed by atoms with E-state index in [1.807, 2.05) is 78.9 Å². The molecule has 132 valence electrons. The Morgan fingerprint density at radius 2 is 1.42 bits per heavy atom. The maximum atomic E-state index is 5.95. The van der Waals surface area contributed by atoms with Crippen molar-refractivity contribution >= 4 is 40.7 Å². The number of hydrogen-bond acceptors (Lipinski definition) is 3. The van der Waals surface area contributed by atoms with E-state index in [2.05, 4.69) is 5.16 Å². The van der Waals surface area contributed by atoms with Crippen molar-refractivity contribution in [2.75, 3.05) is 5.75 Å². The highest BCUT2D eigenvalue weighted by molar-refractivity contribution is 8.00. The predicted octanol–water partition coefficient (Wildman–Crippen LogP) is 6.71. The van der Waals surface area contributed by atoms with Gasteiger partial charge in [-0.2, -0.15) is 0 Å². The monoisotopic (exact) mass is 401 g/mol. The van der Waals surface area contributed by atoms with E-state index < -0.39 is 0 Å². The number of halogens is 2. The first-order valence-corrected chi connectivity index (χ1v) is 9.82. The summed E-state index contributed by atoms with van der Waals surface area (Å²) in [6.45, 7) is 0.402. The maximum absolute atomic E-state index is 5.95. The summed E-state index contributed by atoms with van der Waals surface area (Å²) in [6, 6.07) is 25.4. The molecule has 5 heteroatoms. The number of rotatable bonds is 7. The molecule has 0 saturated carbocycles. The SMILES string of the molecule is Clc1ccc(CO/N=C(\CSc2ccc(Cl)cc2)c2ccccc2)cc1. The van der Waals surface area contributed by atoms with Crippen molar-refractivity contribution in [3.8, 4) is 0 Å². The van der Waals surface area contributed by atoms with Crippen LogP contribution in [0.4, 0.5) is 0 Å². The minimum Gasteiger partial charge on any atom is -0.391 e. The Morgan fingerprint density at radius 3 is 2.08 bits per heavy atom. The minimum atomic E-state index is 0.402. The fourth-order valence-electron chi connectivity index (χ4n) is 2.24. The maximum Gasteiger partial charge on any atom is 0.142 e. The standard InChI is InChI=1S/C21H17Cl2NOS/c22-18-8-6-16(7-9-18)14-25-24-21(17-4-2-1-3-5-17)15-26-20-12-10-19(23)11-13-20/h1-13H,14-15H2/b24-21+. The lowest BCUT2D eigenvalue weighted by Gasteiger charge is -2.08. The van der Waals surface area contributed by atoms with Crippen LogP contribution >= 0.6 is 35.0 Å². The number of benzene rings is 3. The zero-order valence-electron chi connectivity index (χ0n) is 13.9. The summed E-state index contributed by atoms with van der Waals surface area (Å²) in [7, 11) is 0. The molecule has 0 radical (unpaired) electrons. The van der Waals surface area contributed by atoms with Crippen LogP contribution < -0.4 is 0 Å². The summed E-state index contributed by atoms with van der Waals surface area (Å²) in [4.78, 5) is 6.73. The Kier molecular flexibility index (Phi) is 7.01. The van der Waals surface area contributed by atoms with Crippen molar-refractivity contribution in [2.24, 2.45) is 5.16 Å². The first-order valence-electron chi connectivity index (χ1n) is 8.08. The summed E-state index contributed by atoms with van der Waals surface area (Å²) in [5, 5.41) is 5.82. The summed E-state index contributed by atoms with van der Waals surface area (Å²) in [5.41, 5.74) is 2.96. The first-order chi connectivity index (χ1) is 12.7. The molecule has 3 aromatic rings. The van der Waals surface area contributed by atoms with Crippen molar-refractivity contribution in [1.29, 1.82) is 0 Å². The first kappa shape index (κ1) is 18.8. The van der Waals surface area contributed by atoms with Crippen LogP contribution in [0.5, 0.6) is 0 Å². The zero-order valence-corrected chi connectivity index (χ0v) is 16.3. The lowest BCUT2D eigenvalue weighted by atomic mass is 10.1. The molecule has 0 aliphatic heterocycles. The molecule has 0 unspecified atom stereocenters. The second kappa shape index (κ2) is 9.67. The van der Waals surface area contributed by atoms with Gasteiger partial charge in [-0.25, -0.2) is 0 Å². The molecule has 0 aliphatic rings. The molecule has 0 spiro atoms. The third-order valence-corrected chi connectivity index (χ3v) is 5.14. The summed E-state index contributed by atoms with van der Waals surface area (Å²) in [5.74, 6) is 0.701. The van der Waals surface area contributed by atoms with E-state index in [4.69, 9.17) is 28.0 Å². The topological polar surface area (TPSA) is 21.6 Å². The molecule has 0 fully saturated rings. The van der Waals surface area contributed by atoms with Crippen molar-refractivity contribution in [1.82, 2.24) is 0 Å². The lowest BCUT2D eigenvalue weighted by Crippen LogP contribution is -2.05. The van der Waals surface area contributed by atoms with E-state index in [1.165, 1.54) is 0 Å². The van der Waals surface area contributed by atoms with Gasteiger partial charge >= 0.3 is 0 Å². The largest absolute Gasteiger partial charge is 0.391 e. The molecule has 0 amide bonds. The van der Waals surface area contributed by atoms with E-state index >= 15 is 0 Å². The van der Waals surface area contributed by atoms with Crippen LogP contribution in [-0.4, -0.2) is 11.5 Å². The Labute approximate surface area is 167 Å². The van der Waals surface area contributed by atoms with E-state index in [1.54, 1.807) is 11.8 Å². The molecule has 2 nitrogen and oxygen atoms in total. The van der Waals surface area contributed by atoms with E-state index in [0.29, 0.717) is 17.4 Å². The number of oxime groups is 1. The average Bonchev–Trinajstić information content (AvgIpc) is 2.68. The van der Waals surface area contributed by atoms with Gasteiger partial charge in [-0.05, 0) is 42.0 Å². The van der Waals surface area contributed by atoms with Gasteiger partial charge < -0.3 is 4.84 Å². The number of nitrogens with zero attached hydrogens (tertiary/aromatic N) is 1. The van der Waals surface area contributed by atoms with Crippen LogP contribution in [-0.2, 0) is 11.4 Å². The fourth-order valence-corrected chi connectivity index (χ4v) is 3.34. The Bertz CT molecular complexity index is 849. The summed E-state index contributed by atoms with van der Waals surface area (Å²) in [6.07, 6.45) is 0. The summed E-state index contributed by atoms with van der Waals surface area (Å²) < 4.78 is 0. The zero-order chi connectivity index (χ0) is 18.2. The quantitative estimate of drug-likeness (QED) is 0.249. The molecule has 26 heavy (non-hydrogen) atoms. The highest BCUT2D eigenvalue weighted by Crippen LogP contribution is 2.22. The van der Waals surface area contributed by atoms with Gasteiger partial charge in [0.15, 0.2) is 0 Å². The van der Waals surface area contributed by atoms with Gasteiger partial charge in [0.25, 0.3) is 0 Å². The van der Waals surface area contributed by atoms with Gasteiger partial charge in [-0.15, -0.1) is 11.8 Å². The number of thioether (sulfide) groups is 1. The second-order valence-corrected chi connectivity index (χ2v) is 7.47. The summed E-state index contributed by atoms with van der Waals surface area (Å²) >= 11 is 13.5. The van der Waals surface area contributed by atoms with Gasteiger partial charge in [-0.1, -0.05) is 70.8 Å². The molecule has 0 aliphatic carbocycles. The molecule has 0 aromatic heterocycles. The van der Waals surface area contributed by atoms with Crippen molar-refractivity contribution in [2.45, 2.75) is 11.5 Å². The third-order valence-electron chi connectivity index (χ3n) is 3.62. The van der Waals surface area contributed by atoms with Crippen LogP contribution in [0.2, 0.25) is 10.0 Å². The van der Waals surface area contributed by atoms with E-state index in [9.17, 15) is 0 Å². The molecule has 0 atom stereocenters. The van der Waals surface area contributed by atoms with Crippen LogP contribution in [0.25, 0.3) is 0 Å². The van der Waals surface area contributed by atoms with E-state index in [-0.39, 0.29) is 0 Å². The van der Waals surface area contributed by atoms with Gasteiger partial charge in [0, 0.05) is 26.3 Å². The van der Waals surface area contributed by atoms with Gasteiger partial charge in [0.1, 0.15) is 6.61 Å². The normalized spacial score (nSPS) is 11.4. The van der Waals surface area contributed by atoms with Gasteiger partial charge in [0.2, 0.25) is 0 Å². The number of hydrogen-bond donors (Lipinski definition) is 0. The molecule has 0 heterocycles. The van der Waals surface area contributed by atoms with Crippen LogP contribution in [0.3, 0.4) is 0 Å². The predicted molar refractivity (Wildman–Crippen MR) is 111 cm³/mol. The highest BCUT2D eigenvalue weighted by atomic mass is 35.5. The molecule has 3 rings (SSSR count). The average molecular weight is 402 g/mol.